The Morgan fingerprint density at radius 3 is 2.41 bits per heavy atom. The van der Waals surface area contributed by atoms with Crippen molar-refractivity contribution in [3.63, 3.8) is 0 Å². The predicted molar refractivity (Wildman–Crippen MR) is 91.6 cm³/mol. The second-order valence-corrected chi connectivity index (χ2v) is 9.78. The second-order valence-electron chi connectivity index (χ2n) is 9.78. The lowest BCUT2D eigenvalue weighted by molar-refractivity contribution is -0.152. The zero-order valence-corrected chi connectivity index (χ0v) is 15.0. The van der Waals surface area contributed by atoms with Gasteiger partial charge in [0.2, 0.25) is 0 Å². The van der Waals surface area contributed by atoms with E-state index in [4.69, 9.17) is 0 Å². The Kier molecular flexibility index (Phi) is 3.50. The molecule has 0 bridgehead atoms. The SMILES string of the molecule is CC[C@@]1(O)CC[C@H]2[C@@H]3CC[C@@H]4CCCC[C@]4(C)[C@H]3CC[C@@]21C. The number of hydrogen-bond acceptors (Lipinski definition) is 1. The van der Waals surface area contributed by atoms with Crippen LogP contribution in [0.3, 0.4) is 0 Å². The maximum Gasteiger partial charge on any atom is 0.0701 e. The monoisotopic (exact) mass is 304 g/mol. The molecule has 7 atom stereocenters. The van der Waals surface area contributed by atoms with Gasteiger partial charge in [-0.25, -0.2) is 0 Å². The van der Waals surface area contributed by atoms with Crippen molar-refractivity contribution in [2.75, 3.05) is 0 Å². The molecule has 1 nitrogen and oxygen atoms in total. The zero-order chi connectivity index (χ0) is 15.6. The van der Waals surface area contributed by atoms with Crippen molar-refractivity contribution in [3.05, 3.63) is 0 Å². The van der Waals surface area contributed by atoms with Gasteiger partial charge in [-0.2, -0.15) is 0 Å². The zero-order valence-electron chi connectivity index (χ0n) is 15.0. The first-order valence-corrected chi connectivity index (χ1v) is 10.2. The summed E-state index contributed by atoms with van der Waals surface area (Å²) in [5.74, 6) is 3.69. The van der Waals surface area contributed by atoms with E-state index in [-0.39, 0.29) is 11.0 Å². The predicted octanol–water partition coefficient (Wildman–Crippen LogP) is 5.56. The van der Waals surface area contributed by atoms with Crippen LogP contribution in [0.25, 0.3) is 0 Å². The van der Waals surface area contributed by atoms with Crippen molar-refractivity contribution in [1.82, 2.24) is 0 Å². The summed E-state index contributed by atoms with van der Waals surface area (Å²) in [7, 11) is 0. The molecular weight excluding hydrogens is 268 g/mol. The van der Waals surface area contributed by atoms with Crippen LogP contribution in [-0.4, -0.2) is 10.7 Å². The van der Waals surface area contributed by atoms with Gasteiger partial charge in [-0.1, -0.05) is 33.6 Å². The number of hydrogen-bond donors (Lipinski definition) is 1. The molecule has 0 amide bonds. The first-order chi connectivity index (χ1) is 10.4. The molecule has 126 valence electrons. The van der Waals surface area contributed by atoms with E-state index in [2.05, 4.69) is 20.8 Å². The fourth-order valence-electron chi connectivity index (χ4n) is 7.99. The lowest BCUT2D eigenvalue weighted by Gasteiger charge is -2.61. The minimum atomic E-state index is -0.368. The van der Waals surface area contributed by atoms with E-state index in [1.807, 2.05) is 0 Å². The van der Waals surface area contributed by atoms with Gasteiger partial charge in [-0.05, 0) is 92.3 Å². The summed E-state index contributed by atoms with van der Waals surface area (Å²) in [4.78, 5) is 0. The molecule has 0 aromatic rings. The fourth-order valence-corrected chi connectivity index (χ4v) is 7.99. The van der Waals surface area contributed by atoms with Gasteiger partial charge in [0.25, 0.3) is 0 Å². The highest BCUT2D eigenvalue weighted by Gasteiger charge is 2.63. The summed E-state index contributed by atoms with van der Waals surface area (Å²) >= 11 is 0. The molecule has 0 saturated heterocycles. The van der Waals surface area contributed by atoms with Crippen LogP contribution in [-0.2, 0) is 0 Å². The van der Waals surface area contributed by atoms with E-state index in [9.17, 15) is 5.11 Å². The molecule has 4 saturated carbocycles. The Labute approximate surface area is 137 Å². The summed E-state index contributed by atoms with van der Waals surface area (Å²) in [5, 5.41) is 11.2. The molecule has 22 heavy (non-hydrogen) atoms. The Hall–Kier alpha value is -0.0400. The van der Waals surface area contributed by atoms with Crippen LogP contribution in [0.15, 0.2) is 0 Å². The average molecular weight is 305 g/mol. The van der Waals surface area contributed by atoms with E-state index < -0.39 is 0 Å². The highest BCUT2D eigenvalue weighted by Crippen LogP contribution is 2.68. The Morgan fingerprint density at radius 2 is 1.64 bits per heavy atom. The van der Waals surface area contributed by atoms with Gasteiger partial charge in [0.1, 0.15) is 0 Å². The van der Waals surface area contributed by atoms with Crippen molar-refractivity contribution in [3.8, 4) is 0 Å². The smallest absolute Gasteiger partial charge is 0.0701 e. The molecule has 0 radical (unpaired) electrons. The number of rotatable bonds is 1. The molecule has 4 fully saturated rings. The second kappa shape index (κ2) is 4.98. The van der Waals surface area contributed by atoms with Crippen molar-refractivity contribution >= 4 is 0 Å². The lowest BCUT2D eigenvalue weighted by atomic mass is 9.44. The van der Waals surface area contributed by atoms with Crippen LogP contribution in [0.2, 0.25) is 0 Å². The number of aliphatic hydroxyl groups is 1. The summed E-state index contributed by atoms with van der Waals surface area (Å²) in [6, 6.07) is 0. The third kappa shape index (κ3) is 1.81. The van der Waals surface area contributed by atoms with E-state index in [0.717, 1.165) is 36.5 Å². The van der Waals surface area contributed by atoms with Crippen molar-refractivity contribution in [2.24, 2.45) is 34.5 Å². The number of fused-ring (bicyclic) bond motifs is 5. The van der Waals surface area contributed by atoms with Gasteiger partial charge in [0.15, 0.2) is 0 Å². The maximum atomic E-state index is 11.2. The first kappa shape index (κ1) is 15.5. The molecule has 4 aliphatic rings. The van der Waals surface area contributed by atoms with Gasteiger partial charge in [0.05, 0.1) is 5.60 Å². The Morgan fingerprint density at radius 1 is 0.864 bits per heavy atom. The van der Waals surface area contributed by atoms with Gasteiger partial charge in [-0.3, -0.25) is 0 Å². The quantitative estimate of drug-likeness (QED) is 0.672. The van der Waals surface area contributed by atoms with E-state index in [1.165, 1.54) is 57.8 Å². The summed E-state index contributed by atoms with van der Waals surface area (Å²) in [5.41, 5.74) is 0.475. The molecule has 0 aromatic heterocycles. The van der Waals surface area contributed by atoms with E-state index in [0.29, 0.717) is 5.41 Å². The Bertz CT molecular complexity index is 443. The minimum absolute atomic E-state index is 0.209. The van der Waals surface area contributed by atoms with Crippen molar-refractivity contribution in [1.29, 1.82) is 0 Å². The molecule has 0 unspecified atom stereocenters. The van der Waals surface area contributed by atoms with Crippen LogP contribution in [0, 0.1) is 34.5 Å². The standard InChI is InChI=1S/C21H36O/c1-4-21(22)14-11-18-16-9-8-15-7-5-6-12-19(15,2)17(16)10-13-20(18,21)3/h15-18,22H,4-14H2,1-3H3/t15-,16+,17-,18-,19-,20-,21+/m0/s1. The highest BCUT2D eigenvalue weighted by atomic mass is 16.3. The third-order valence-corrected chi connectivity index (χ3v) is 9.49. The van der Waals surface area contributed by atoms with Crippen LogP contribution in [0.4, 0.5) is 0 Å². The highest BCUT2D eigenvalue weighted by molar-refractivity contribution is 5.13. The van der Waals surface area contributed by atoms with Crippen LogP contribution in [0.1, 0.15) is 91.4 Å². The van der Waals surface area contributed by atoms with Crippen LogP contribution < -0.4 is 0 Å². The minimum Gasteiger partial charge on any atom is -0.389 e. The van der Waals surface area contributed by atoms with Crippen molar-refractivity contribution < 1.29 is 5.11 Å². The molecule has 4 rings (SSSR count). The van der Waals surface area contributed by atoms with Crippen LogP contribution in [0.5, 0.6) is 0 Å². The fraction of sp³-hybridized carbons (Fsp3) is 1.00. The molecule has 0 heterocycles. The topological polar surface area (TPSA) is 20.2 Å². The molecule has 0 aromatic carbocycles. The third-order valence-electron chi connectivity index (χ3n) is 9.49. The summed E-state index contributed by atoms with van der Waals surface area (Å²) in [6.45, 7) is 7.30. The molecule has 0 aliphatic heterocycles. The van der Waals surface area contributed by atoms with Crippen molar-refractivity contribution in [2.45, 2.75) is 97.0 Å². The van der Waals surface area contributed by atoms with E-state index in [1.54, 1.807) is 0 Å². The molecule has 1 N–H and O–H groups in total. The largest absolute Gasteiger partial charge is 0.389 e. The van der Waals surface area contributed by atoms with Gasteiger partial charge < -0.3 is 5.11 Å². The van der Waals surface area contributed by atoms with Crippen LogP contribution >= 0.6 is 0 Å². The molecule has 4 aliphatic carbocycles. The summed E-state index contributed by atoms with van der Waals surface area (Å²) < 4.78 is 0. The van der Waals surface area contributed by atoms with E-state index >= 15 is 0 Å². The normalized spacial score (nSPS) is 57.8. The maximum absolute atomic E-state index is 11.2. The molecule has 1 heteroatoms. The average Bonchev–Trinajstić information content (AvgIpc) is 2.79. The first-order valence-electron chi connectivity index (χ1n) is 10.2. The van der Waals surface area contributed by atoms with Gasteiger partial charge >= 0.3 is 0 Å². The van der Waals surface area contributed by atoms with Gasteiger partial charge in [0, 0.05) is 0 Å². The summed E-state index contributed by atoms with van der Waals surface area (Å²) in [6.07, 6.45) is 14.9. The van der Waals surface area contributed by atoms with Gasteiger partial charge in [-0.15, -0.1) is 0 Å². The molecule has 0 spiro atoms. The Balaban J connectivity index is 1.65. The lowest BCUT2D eigenvalue weighted by Crippen LogP contribution is -2.56. The molecular formula is C21H36O.